The lowest BCUT2D eigenvalue weighted by Crippen LogP contribution is -2.17. The van der Waals surface area contributed by atoms with E-state index in [2.05, 4.69) is 25.6 Å². The predicted molar refractivity (Wildman–Crippen MR) is 71.8 cm³/mol. The van der Waals surface area contributed by atoms with E-state index in [-0.39, 0.29) is 5.69 Å². The Balaban J connectivity index is 2.30. The molecule has 0 spiro atoms. The van der Waals surface area contributed by atoms with Crippen LogP contribution in [0.5, 0.6) is 0 Å². The Bertz CT molecular complexity index is 621. The summed E-state index contributed by atoms with van der Waals surface area (Å²) in [5.74, 6) is 6.45. The highest BCUT2D eigenvalue weighted by Crippen LogP contribution is 2.24. The van der Waals surface area contributed by atoms with Crippen LogP contribution < -0.4 is 17.0 Å². The maximum atomic E-state index is 11.6. The summed E-state index contributed by atoms with van der Waals surface area (Å²) < 4.78 is 1.58. The van der Waals surface area contributed by atoms with Crippen LogP contribution in [-0.4, -0.2) is 24.7 Å². The van der Waals surface area contributed by atoms with Gasteiger partial charge < -0.3 is 5.43 Å². The SMILES string of the molecule is CCCn1c(Sc2cc(NN)nc(C)n2)n[nH]c1=O. The third-order valence-electron chi connectivity index (χ3n) is 2.33. The van der Waals surface area contributed by atoms with Crippen molar-refractivity contribution < 1.29 is 0 Å². The zero-order chi connectivity index (χ0) is 13.8. The van der Waals surface area contributed by atoms with Crippen LogP contribution in [0.15, 0.2) is 21.0 Å². The summed E-state index contributed by atoms with van der Waals surface area (Å²) in [4.78, 5) is 20.0. The standard InChI is InChI=1S/C10H15N7OS/c1-3-4-17-9(18)15-16-10(17)19-8-5-7(14-11)12-6(2)13-8/h5H,3-4,11H2,1-2H3,(H,15,18)(H,12,13,14). The van der Waals surface area contributed by atoms with Gasteiger partial charge in [0.25, 0.3) is 0 Å². The maximum Gasteiger partial charge on any atom is 0.343 e. The Labute approximate surface area is 113 Å². The van der Waals surface area contributed by atoms with E-state index in [0.717, 1.165) is 6.42 Å². The van der Waals surface area contributed by atoms with E-state index < -0.39 is 0 Å². The fourth-order valence-corrected chi connectivity index (χ4v) is 2.47. The van der Waals surface area contributed by atoms with E-state index in [1.807, 2.05) is 6.92 Å². The number of hydrogen-bond donors (Lipinski definition) is 3. The first-order valence-corrected chi connectivity index (χ1v) is 6.61. The number of anilines is 1. The molecule has 2 aromatic heterocycles. The van der Waals surface area contributed by atoms with Gasteiger partial charge in [0.1, 0.15) is 16.7 Å². The van der Waals surface area contributed by atoms with Crippen molar-refractivity contribution in [3.63, 3.8) is 0 Å². The molecule has 0 radical (unpaired) electrons. The second-order valence-electron chi connectivity index (χ2n) is 3.85. The van der Waals surface area contributed by atoms with Crippen molar-refractivity contribution in [3.8, 4) is 0 Å². The number of nitrogens with one attached hydrogen (secondary N) is 2. The van der Waals surface area contributed by atoms with E-state index in [9.17, 15) is 4.79 Å². The molecule has 0 aromatic carbocycles. The summed E-state index contributed by atoms with van der Waals surface area (Å²) in [7, 11) is 0. The molecule has 9 heteroatoms. The maximum absolute atomic E-state index is 11.6. The molecule has 102 valence electrons. The fraction of sp³-hybridized carbons (Fsp3) is 0.400. The molecule has 8 nitrogen and oxygen atoms in total. The number of nitrogens with two attached hydrogens (primary N) is 1. The van der Waals surface area contributed by atoms with E-state index in [4.69, 9.17) is 5.84 Å². The molecule has 0 aliphatic carbocycles. The molecule has 0 amide bonds. The predicted octanol–water partition coefficient (Wildman–Crippen LogP) is 0.517. The van der Waals surface area contributed by atoms with Gasteiger partial charge in [-0.2, -0.15) is 0 Å². The quantitative estimate of drug-likeness (QED) is 0.415. The number of aryl methyl sites for hydroxylation is 1. The molecule has 0 aliphatic rings. The second kappa shape index (κ2) is 5.85. The first-order chi connectivity index (χ1) is 9.13. The van der Waals surface area contributed by atoms with E-state index in [0.29, 0.717) is 28.4 Å². The van der Waals surface area contributed by atoms with Crippen LogP contribution in [0, 0.1) is 6.92 Å². The summed E-state index contributed by atoms with van der Waals surface area (Å²) in [5, 5.41) is 7.68. The smallest absolute Gasteiger partial charge is 0.308 e. The van der Waals surface area contributed by atoms with Gasteiger partial charge in [-0.05, 0) is 25.1 Å². The fourth-order valence-electron chi connectivity index (χ4n) is 1.56. The zero-order valence-corrected chi connectivity index (χ0v) is 11.5. The Kier molecular flexibility index (Phi) is 4.17. The average Bonchev–Trinajstić information content (AvgIpc) is 2.71. The third-order valence-corrected chi connectivity index (χ3v) is 3.24. The van der Waals surface area contributed by atoms with E-state index >= 15 is 0 Å². The molecular weight excluding hydrogens is 266 g/mol. The normalized spacial score (nSPS) is 10.7. The Hall–Kier alpha value is -1.87. The van der Waals surface area contributed by atoms with Crippen molar-refractivity contribution in [2.45, 2.75) is 37.0 Å². The molecule has 4 N–H and O–H groups in total. The van der Waals surface area contributed by atoms with Gasteiger partial charge in [0.15, 0.2) is 5.16 Å². The van der Waals surface area contributed by atoms with Crippen molar-refractivity contribution in [2.75, 3.05) is 5.43 Å². The summed E-state index contributed by atoms with van der Waals surface area (Å²) >= 11 is 1.29. The van der Waals surface area contributed by atoms with E-state index in [1.54, 1.807) is 17.6 Å². The Morgan fingerprint density at radius 3 is 3.00 bits per heavy atom. The van der Waals surface area contributed by atoms with Crippen LogP contribution in [-0.2, 0) is 6.54 Å². The highest BCUT2D eigenvalue weighted by molar-refractivity contribution is 7.99. The molecule has 2 rings (SSSR count). The van der Waals surface area contributed by atoms with Crippen LogP contribution in [0.25, 0.3) is 0 Å². The molecule has 0 saturated carbocycles. The highest BCUT2D eigenvalue weighted by Gasteiger charge is 2.11. The average molecular weight is 281 g/mol. The summed E-state index contributed by atoms with van der Waals surface area (Å²) in [5.41, 5.74) is 2.26. The van der Waals surface area contributed by atoms with Crippen molar-refractivity contribution in [3.05, 3.63) is 22.4 Å². The lowest BCUT2D eigenvalue weighted by molar-refractivity contribution is 0.603. The van der Waals surface area contributed by atoms with Crippen molar-refractivity contribution in [1.82, 2.24) is 24.7 Å². The van der Waals surface area contributed by atoms with Crippen molar-refractivity contribution in [1.29, 1.82) is 0 Å². The number of hydrogen-bond acceptors (Lipinski definition) is 7. The zero-order valence-electron chi connectivity index (χ0n) is 10.7. The number of nitrogens with zero attached hydrogens (tertiary/aromatic N) is 4. The summed E-state index contributed by atoms with van der Waals surface area (Å²) in [6.45, 7) is 4.39. The van der Waals surface area contributed by atoms with Crippen LogP contribution in [0.3, 0.4) is 0 Å². The lowest BCUT2D eigenvalue weighted by atomic mass is 10.5. The number of hydrazine groups is 1. The molecule has 0 aliphatic heterocycles. The van der Waals surface area contributed by atoms with Gasteiger partial charge >= 0.3 is 5.69 Å². The van der Waals surface area contributed by atoms with Crippen LogP contribution in [0.4, 0.5) is 5.82 Å². The Morgan fingerprint density at radius 2 is 2.32 bits per heavy atom. The van der Waals surface area contributed by atoms with Gasteiger partial charge in [-0.15, -0.1) is 5.10 Å². The molecule has 2 heterocycles. The molecular formula is C10H15N7OS. The molecule has 19 heavy (non-hydrogen) atoms. The topological polar surface area (TPSA) is 115 Å². The van der Waals surface area contributed by atoms with Crippen LogP contribution >= 0.6 is 11.8 Å². The number of aromatic nitrogens is 5. The molecule has 0 fully saturated rings. The van der Waals surface area contributed by atoms with Gasteiger partial charge in [0.2, 0.25) is 0 Å². The largest absolute Gasteiger partial charge is 0.343 e. The Morgan fingerprint density at radius 1 is 1.53 bits per heavy atom. The van der Waals surface area contributed by atoms with Gasteiger partial charge in [0.05, 0.1) is 0 Å². The third kappa shape index (κ3) is 3.12. The van der Waals surface area contributed by atoms with Crippen molar-refractivity contribution >= 4 is 17.6 Å². The first kappa shape index (κ1) is 13.6. The number of nitrogen functional groups attached to an aromatic ring is 1. The lowest BCUT2D eigenvalue weighted by Gasteiger charge is -2.05. The van der Waals surface area contributed by atoms with E-state index in [1.165, 1.54) is 11.8 Å². The van der Waals surface area contributed by atoms with Crippen LogP contribution in [0.1, 0.15) is 19.2 Å². The molecule has 0 bridgehead atoms. The van der Waals surface area contributed by atoms with Gasteiger partial charge in [-0.25, -0.2) is 25.7 Å². The van der Waals surface area contributed by atoms with Crippen molar-refractivity contribution in [2.24, 2.45) is 5.84 Å². The summed E-state index contributed by atoms with van der Waals surface area (Å²) in [6.07, 6.45) is 0.853. The molecule has 0 atom stereocenters. The minimum Gasteiger partial charge on any atom is -0.308 e. The molecule has 0 saturated heterocycles. The summed E-state index contributed by atoms with van der Waals surface area (Å²) in [6, 6.07) is 1.70. The minimum absolute atomic E-state index is 0.215. The molecule has 2 aromatic rings. The number of H-pyrrole nitrogens is 1. The van der Waals surface area contributed by atoms with Gasteiger partial charge in [0, 0.05) is 12.6 Å². The number of aromatic amines is 1. The van der Waals surface area contributed by atoms with Crippen LogP contribution in [0.2, 0.25) is 0 Å². The minimum atomic E-state index is -0.215. The second-order valence-corrected chi connectivity index (χ2v) is 4.84. The van der Waals surface area contributed by atoms with Gasteiger partial charge in [-0.3, -0.25) is 4.57 Å². The highest BCUT2D eigenvalue weighted by atomic mass is 32.2. The molecule has 0 unspecified atom stereocenters. The first-order valence-electron chi connectivity index (χ1n) is 5.79. The monoisotopic (exact) mass is 281 g/mol. The number of rotatable bonds is 5. The van der Waals surface area contributed by atoms with Gasteiger partial charge in [-0.1, -0.05) is 6.92 Å².